The second-order valence-corrected chi connectivity index (χ2v) is 5.73. The van der Waals surface area contributed by atoms with Crippen molar-refractivity contribution in [3.05, 3.63) is 71.5 Å². The summed E-state index contributed by atoms with van der Waals surface area (Å²) in [7, 11) is 0. The Balaban J connectivity index is 1.79. The number of halogens is 1. The van der Waals surface area contributed by atoms with E-state index in [1.165, 1.54) is 10.6 Å². The normalized spacial score (nSPS) is 10.8. The molecule has 2 aromatic carbocycles. The Morgan fingerprint density at radius 1 is 1.04 bits per heavy atom. The van der Waals surface area contributed by atoms with Crippen LogP contribution in [0.25, 0.3) is 16.8 Å². The quantitative estimate of drug-likeness (QED) is 0.588. The van der Waals surface area contributed by atoms with E-state index in [2.05, 4.69) is 15.3 Å². The van der Waals surface area contributed by atoms with Gasteiger partial charge in [-0.05, 0) is 41.4 Å². The van der Waals surface area contributed by atoms with Gasteiger partial charge in [0.2, 0.25) is 11.2 Å². The third kappa shape index (κ3) is 2.96. The van der Waals surface area contributed by atoms with Crippen LogP contribution in [0.4, 0.5) is 0 Å². The van der Waals surface area contributed by atoms with Crippen molar-refractivity contribution in [1.29, 1.82) is 0 Å². The number of aromatic nitrogens is 4. The van der Waals surface area contributed by atoms with Gasteiger partial charge in [0.25, 0.3) is 0 Å². The van der Waals surface area contributed by atoms with E-state index in [0.29, 0.717) is 17.0 Å². The number of fused-ring (bicyclic) bond motifs is 1. The SMILES string of the molecule is O=C(O)c1ccc(Oc2ccc3nnc(Cl)n3n2)c(-c2ccccc2)c1. The molecule has 1 N–H and O–H groups in total. The summed E-state index contributed by atoms with van der Waals surface area (Å²) in [5.74, 6) is -0.263. The Kier molecular flexibility index (Phi) is 3.98. The number of carbonyl (C=O) groups is 1. The van der Waals surface area contributed by atoms with E-state index < -0.39 is 5.97 Å². The first-order valence-corrected chi connectivity index (χ1v) is 7.98. The van der Waals surface area contributed by atoms with Crippen LogP contribution in [0, 0.1) is 0 Å². The van der Waals surface area contributed by atoms with Crippen LogP contribution in [0.15, 0.2) is 60.7 Å². The Morgan fingerprint density at radius 2 is 1.85 bits per heavy atom. The van der Waals surface area contributed by atoms with Crippen molar-refractivity contribution < 1.29 is 14.6 Å². The van der Waals surface area contributed by atoms with Gasteiger partial charge in [0.05, 0.1) is 5.56 Å². The van der Waals surface area contributed by atoms with Gasteiger partial charge in [-0.25, -0.2) is 4.79 Å². The summed E-state index contributed by atoms with van der Waals surface area (Å²) in [4.78, 5) is 11.3. The number of benzene rings is 2. The summed E-state index contributed by atoms with van der Waals surface area (Å²) >= 11 is 5.94. The third-order valence-electron chi connectivity index (χ3n) is 3.73. The highest BCUT2D eigenvalue weighted by molar-refractivity contribution is 6.28. The number of rotatable bonds is 4. The first kappa shape index (κ1) is 16.0. The molecular formula is C18H11ClN4O3. The largest absolute Gasteiger partial charge is 0.478 e. The molecule has 0 radical (unpaired) electrons. The number of ether oxygens (including phenoxy) is 1. The lowest BCUT2D eigenvalue weighted by Crippen LogP contribution is -1.99. The fraction of sp³-hybridized carbons (Fsp3) is 0. The Bertz CT molecular complexity index is 1110. The van der Waals surface area contributed by atoms with Gasteiger partial charge >= 0.3 is 5.97 Å². The van der Waals surface area contributed by atoms with Crippen LogP contribution in [0.5, 0.6) is 11.6 Å². The van der Waals surface area contributed by atoms with Gasteiger partial charge in [-0.15, -0.1) is 15.3 Å². The van der Waals surface area contributed by atoms with E-state index >= 15 is 0 Å². The Morgan fingerprint density at radius 3 is 2.62 bits per heavy atom. The summed E-state index contributed by atoms with van der Waals surface area (Å²) in [5.41, 5.74) is 2.13. The minimum Gasteiger partial charge on any atom is -0.478 e. The maximum atomic E-state index is 11.3. The Labute approximate surface area is 152 Å². The topological polar surface area (TPSA) is 89.6 Å². The van der Waals surface area contributed by atoms with Crippen LogP contribution >= 0.6 is 11.6 Å². The minimum atomic E-state index is -1.01. The predicted molar refractivity (Wildman–Crippen MR) is 94.7 cm³/mol. The second kappa shape index (κ2) is 6.45. The van der Waals surface area contributed by atoms with Crippen LogP contribution < -0.4 is 4.74 Å². The number of nitrogens with zero attached hydrogens (tertiary/aromatic N) is 4. The molecule has 4 aromatic rings. The molecule has 0 atom stereocenters. The van der Waals surface area contributed by atoms with E-state index in [0.717, 1.165) is 5.56 Å². The fourth-order valence-electron chi connectivity index (χ4n) is 2.51. The molecule has 128 valence electrons. The number of aromatic carboxylic acids is 1. The molecule has 2 aromatic heterocycles. The van der Waals surface area contributed by atoms with E-state index in [1.807, 2.05) is 30.3 Å². The molecule has 8 heteroatoms. The van der Waals surface area contributed by atoms with Gasteiger partial charge in [0.15, 0.2) is 5.65 Å². The number of carboxylic acids is 1. The van der Waals surface area contributed by atoms with Crippen molar-refractivity contribution in [1.82, 2.24) is 19.8 Å². The molecule has 0 amide bonds. The van der Waals surface area contributed by atoms with Crippen LogP contribution in [0.2, 0.25) is 5.28 Å². The summed E-state index contributed by atoms with van der Waals surface area (Å²) < 4.78 is 7.24. The van der Waals surface area contributed by atoms with Gasteiger partial charge in [0, 0.05) is 11.6 Å². The van der Waals surface area contributed by atoms with Crippen LogP contribution in [0.1, 0.15) is 10.4 Å². The highest BCUT2D eigenvalue weighted by Gasteiger charge is 2.13. The first-order chi connectivity index (χ1) is 12.6. The van der Waals surface area contributed by atoms with Crippen molar-refractivity contribution in [3.63, 3.8) is 0 Å². The molecule has 0 bridgehead atoms. The van der Waals surface area contributed by atoms with Crippen molar-refractivity contribution >= 4 is 23.2 Å². The Hall–Kier alpha value is -3.45. The lowest BCUT2D eigenvalue weighted by molar-refractivity contribution is 0.0697. The highest BCUT2D eigenvalue weighted by Crippen LogP contribution is 2.33. The van der Waals surface area contributed by atoms with E-state index in [9.17, 15) is 9.90 Å². The maximum Gasteiger partial charge on any atom is 0.335 e. The molecule has 7 nitrogen and oxygen atoms in total. The lowest BCUT2D eigenvalue weighted by Gasteiger charge is -2.12. The van der Waals surface area contributed by atoms with Crippen LogP contribution in [-0.4, -0.2) is 30.9 Å². The van der Waals surface area contributed by atoms with Crippen molar-refractivity contribution in [2.45, 2.75) is 0 Å². The van der Waals surface area contributed by atoms with E-state index in [-0.39, 0.29) is 16.7 Å². The first-order valence-electron chi connectivity index (χ1n) is 7.60. The molecule has 0 unspecified atom stereocenters. The van der Waals surface area contributed by atoms with E-state index in [1.54, 1.807) is 24.3 Å². The molecule has 0 aliphatic rings. The van der Waals surface area contributed by atoms with Crippen molar-refractivity contribution in [3.8, 4) is 22.8 Å². The van der Waals surface area contributed by atoms with Gasteiger partial charge < -0.3 is 9.84 Å². The smallest absolute Gasteiger partial charge is 0.335 e. The van der Waals surface area contributed by atoms with Crippen LogP contribution in [0.3, 0.4) is 0 Å². The van der Waals surface area contributed by atoms with E-state index in [4.69, 9.17) is 16.3 Å². The van der Waals surface area contributed by atoms with Gasteiger partial charge in [-0.1, -0.05) is 30.3 Å². The van der Waals surface area contributed by atoms with Gasteiger partial charge in [-0.3, -0.25) is 0 Å². The van der Waals surface area contributed by atoms with Gasteiger partial charge in [0.1, 0.15) is 5.75 Å². The molecule has 26 heavy (non-hydrogen) atoms. The summed E-state index contributed by atoms with van der Waals surface area (Å²) in [5, 5.41) is 21.2. The average molecular weight is 367 g/mol. The summed E-state index contributed by atoms with van der Waals surface area (Å²) in [6, 6.07) is 17.3. The second-order valence-electron chi connectivity index (χ2n) is 5.39. The molecule has 0 saturated heterocycles. The molecule has 0 aliphatic heterocycles. The number of carboxylic acid groups (broad SMARTS) is 1. The van der Waals surface area contributed by atoms with Gasteiger partial charge in [-0.2, -0.15) is 4.52 Å². The lowest BCUT2D eigenvalue weighted by atomic mass is 10.0. The monoisotopic (exact) mass is 366 g/mol. The zero-order chi connectivity index (χ0) is 18.1. The molecule has 0 spiro atoms. The zero-order valence-corrected chi connectivity index (χ0v) is 14.0. The predicted octanol–water partition coefficient (Wildman–Crippen LogP) is 3.94. The average Bonchev–Trinajstić information content (AvgIpc) is 3.03. The molecule has 0 fully saturated rings. The van der Waals surface area contributed by atoms with Crippen molar-refractivity contribution in [2.24, 2.45) is 0 Å². The summed E-state index contributed by atoms with van der Waals surface area (Å²) in [6.07, 6.45) is 0. The number of hydrogen-bond donors (Lipinski definition) is 1. The number of hydrogen-bond acceptors (Lipinski definition) is 5. The zero-order valence-electron chi connectivity index (χ0n) is 13.2. The van der Waals surface area contributed by atoms with Crippen LogP contribution in [-0.2, 0) is 0 Å². The molecule has 0 aliphatic carbocycles. The highest BCUT2D eigenvalue weighted by atomic mass is 35.5. The minimum absolute atomic E-state index is 0.120. The molecule has 0 saturated carbocycles. The molecule has 2 heterocycles. The van der Waals surface area contributed by atoms with Crippen molar-refractivity contribution in [2.75, 3.05) is 0 Å². The molecule has 4 rings (SSSR count). The maximum absolute atomic E-state index is 11.3. The standard InChI is InChI=1S/C18H11ClN4O3/c19-18-21-20-15-8-9-16(22-23(15)18)26-14-7-6-12(17(24)25)10-13(14)11-4-2-1-3-5-11/h1-10H,(H,24,25). The summed E-state index contributed by atoms with van der Waals surface area (Å²) in [6.45, 7) is 0. The fourth-order valence-corrected chi connectivity index (χ4v) is 2.67. The molecular weight excluding hydrogens is 356 g/mol. The third-order valence-corrected chi connectivity index (χ3v) is 3.96.